The molecule has 2 aliphatic rings. The molecule has 4 aromatic rings. The van der Waals surface area contributed by atoms with Gasteiger partial charge in [0.15, 0.2) is 6.61 Å². The third-order valence-corrected chi connectivity index (χ3v) is 7.85. The quantitative estimate of drug-likeness (QED) is 0.334. The van der Waals surface area contributed by atoms with Crippen LogP contribution in [0.1, 0.15) is 18.1 Å². The molecule has 9 heteroatoms. The van der Waals surface area contributed by atoms with Crippen LogP contribution in [0.25, 0.3) is 11.3 Å². The molecule has 1 fully saturated rings. The van der Waals surface area contributed by atoms with Crippen LogP contribution in [-0.2, 0) is 16.0 Å². The predicted octanol–water partition coefficient (Wildman–Crippen LogP) is 4.80. The molecule has 3 aromatic carbocycles. The highest BCUT2D eigenvalue weighted by molar-refractivity contribution is 7.07. The predicted molar refractivity (Wildman–Crippen MR) is 160 cm³/mol. The van der Waals surface area contributed by atoms with Gasteiger partial charge in [-0.1, -0.05) is 42.5 Å². The summed E-state index contributed by atoms with van der Waals surface area (Å²) in [7, 11) is 0. The lowest BCUT2D eigenvalue weighted by molar-refractivity contribution is -0.118. The number of nitrogens with zero attached hydrogens (tertiary/aromatic N) is 4. The molecule has 0 bridgehead atoms. The second-order valence-corrected chi connectivity index (χ2v) is 10.5. The van der Waals surface area contributed by atoms with Gasteiger partial charge in [-0.3, -0.25) is 9.79 Å². The highest BCUT2D eigenvalue weighted by atomic mass is 32.1. The molecule has 0 atom stereocenters. The number of carbonyl (C=O) groups excluding carboxylic acids is 1. The van der Waals surface area contributed by atoms with Gasteiger partial charge >= 0.3 is 0 Å². The average Bonchev–Trinajstić information content (AvgIpc) is 3.39. The fraction of sp³-hybridized carbons (Fsp3) is 0.258. The van der Waals surface area contributed by atoms with E-state index in [1.165, 1.54) is 11.3 Å². The topological polar surface area (TPSA) is 80.5 Å². The Morgan fingerprint density at radius 1 is 1.02 bits per heavy atom. The SMILES string of the molecule is CC(=Nn1c(-c2ccc3c(c2)NC(=O)CO3)csc1=NCCc1ccccc1)c1ccc(N2CCOCC2)cc1. The number of aromatic nitrogens is 1. The number of benzene rings is 3. The highest BCUT2D eigenvalue weighted by Gasteiger charge is 2.18. The lowest BCUT2D eigenvalue weighted by Gasteiger charge is -2.28. The number of hydrogen-bond acceptors (Lipinski definition) is 7. The van der Waals surface area contributed by atoms with Crippen LogP contribution in [0.3, 0.4) is 0 Å². The van der Waals surface area contributed by atoms with E-state index in [2.05, 4.69) is 64.1 Å². The van der Waals surface area contributed by atoms with Crippen LogP contribution in [0, 0.1) is 0 Å². The van der Waals surface area contributed by atoms with Crippen molar-refractivity contribution in [1.29, 1.82) is 0 Å². The molecule has 0 spiro atoms. The molecule has 6 rings (SSSR count). The number of nitrogens with one attached hydrogen (secondary N) is 1. The minimum Gasteiger partial charge on any atom is -0.482 e. The van der Waals surface area contributed by atoms with Crippen molar-refractivity contribution in [3.05, 3.63) is 94.1 Å². The molecule has 204 valence electrons. The van der Waals surface area contributed by atoms with Crippen LogP contribution >= 0.6 is 11.3 Å². The fourth-order valence-electron chi connectivity index (χ4n) is 4.81. The largest absolute Gasteiger partial charge is 0.482 e. The van der Waals surface area contributed by atoms with Crippen LogP contribution in [0.5, 0.6) is 5.75 Å². The molecule has 1 aromatic heterocycles. The third kappa shape index (κ3) is 5.85. The van der Waals surface area contributed by atoms with E-state index < -0.39 is 0 Å². The summed E-state index contributed by atoms with van der Waals surface area (Å²) in [6.45, 7) is 6.03. The van der Waals surface area contributed by atoms with Crippen LogP contribution < -0.4 is 19.8 Å². The first-order valence-electron chi connectivity index (χ1n) is 13.4. The zero-order chi connectivity index (χ0) is 27.3. The van der Waals surface area contributed by atoms with E-state index in [1.54, 1.807) is 11.3 Å². The van der Waals surface area contributed by atoms with Crippen molar-refractivity contribution in [3.8, 4) is 17.0 Å². The Morgan fingerprint density at radius 2 is 1.82 bits per heavy atom. The van der Waals surface area contributed by atoms with Gasteiger partial charge in [-0.15, -0.1) is 11.3 Å². The van der Waals surface area contributed by atoms with Gasteiger partial charge in [0, 0.05) is 36.3 Å². The molecule has 1 N–H and O–H groups in total. The smallest absolute Gasteiger partial charge is 0.262 e. The number of amides is 1. The van der Waals surface area contributed by atoms with Crippen molar-refractivity contribution in [2.45, 2.75) is 13.3 Å². The first-order valence-corrected chi connectivity index (χ1v) is 14.3. The maximum absolute atomic E-state index is 11.9. The number of carbonyl (C=O) groups is 1. The summed E-state index contributed by atoms with van der Waals surface area (Å²) in [6.07, 6.45) is 0.849. The molecule has 40 heavy (non-hydrogen) atoms. The molecule has 1 saturated heterocycles. The molecule has 8 nitrogen and oxygen atoms in total. The van der Waals surface area contributed by atoms with E-state index in [0.717, 1.165) is 60.1 Å². The van der Waals surface area contributed by atoms with Gasteiger partial charge in [-0.05, 0) is 54.8 Å². The Balaban J connectivity index is 1.34. The average molecular weight is 554 g/mol. The van der Waals surface area contributed by atoms with E-state index in [0.29, 0.717) is 18.0 Å². The van der Waals surface area contributed by atoms with Gasteiger partial charge in [-0.2, -0.15) is 5.10 Å². The van der Waals surface area contributed by atoms with Crippen LogP contribution in [0.15, 0.2) is 88.3 Å². The molecule has 0 radical (unpaired) electrons. The lowest BCUT2D eigenvalue weighted by Crippen LogP contribution is -2.36. The summed E-state index contributed by atoms with van der Waals surface area (Å²) in [4.78, 5) is 20.0. The van der Waals surface area contributed by atoms with Gasteiger partial charge in [0.1, 0.15) is 5.75 Å². The second-order valence-electron chi connectivity index (χ2n) is 9.71. The summed E-state index contributed by atoms with van der Waals surface area (Å²) in [5.41, 5.74) is 6.85. The normalized spacial score (nSPS) is 15.9. The van der Waals surface area contributed by atoms with Crippen molar-refractivity contribution >= 4 is 34.3 Å². The van der Waals surface area contributed by atoms with Crippen LogP contribution in [0.4, 0.5) is 11.4 Å². The Bertz CT molecular complexity index is 1590. The number of ether oxygens (including phenoxy) is 2. The standard InChI is InChI=1S/C31H31N5O3S/c1-22(24-7-10-26(11-8-24)35-15-17-38-18-16-35)34-36-28(25-9-12-29-27(19-25)33-30(37)20-39-29)21-40-31(36)32-14-13-23-5-3-2-4-6-23/h2-12,19,21H,13-18,20H2,1H3,(H,33,37). The lowest BCUT2D eigenvalue weighted by atomic mass is 10.1. The summed E-state index contributed by atoms with van der Waals surface area (Å²) in [5, 5.41) is 10.0. The molecular weight excluding hydrogens is 522 g/mol. The molecule has 1 amide bonds. The summed E-state index contributed by atoms with van der Waals surface area (Å²) in [6, 6.07) is 24.7. The number of rotatable bonds is 7. The van der Waals surface area contributed by atoms with E-state index in [1.807, 2.05) is 35.9 Å². The van der Waals surface area contributed by atoms with Gasteiger partial charge in [-0.25, -0.2) is 4.68 Å². The second kappa shape index (κ2) is 11.9. The van der Waals surface area contributed by atoms with Crippen molar-refractivity contribution in [2.75, 3.05) is 49.7 Å². The summed E-state index contributed by atoms with van der Waals surface area (Å²) < 4.78 is 13.0. The zero-order valence-corrected chi connectivity index (χ0v) is 23.2. The molecular formula is C31H31N5O3S. The van der Waals surface area contributed by atoms with E-state index >= 15 is 0 Å². The Labute approximate surface area is 237 Å². The number of hydrogen-bond donors (Lipinski definition) is 1. The maximum atomic E-state index is 11.9. The van der Waals surface area contributed by atoms with Gasteiger partial charge in [0.2, 0.25) is 4.80 Å². The maximum Gasteiger partial charge on any atom is 0.262 e. The monoisotopic (exact) mass is 553 g/mol. The molecule has 2 aliphatic heterocycles. The van der Waals surface area contributed by atoms with Crippen molar-refractivity contribution < 1.29 is 14.3 Å². The molecule has 0 unspecified atom stereocenters. The number of morpholine rings is 1. The van der Waals surface area contributed by atoms with E-state index in [4.69, 9.17) is 19.6 Å². The Kier molecular flexibility index (Phi) is 7.74. The first-order chi connectivity index (χ1) is 19.6. The zero-order valence-electron chi connectivity index (χ0n) is 22.4. The summed E-state index contributed by atoms with van der Waals surface area (Å²) in [5.74, 6) is 0.506. The summed E-state index contributed by atoms with van der Waals surface area (Å²) >= 11 is 1.55. The van der Waals surface area contributed by atoms with E-state index in [-0.39, 0.29) is 12.5 Å². The Hall–Kier alpha value is -4.21. The van der Waals surface area contributed by atoms with Gasteiger partial charge in [0.25, 0.3) is 5.91 Å². The Morgan fingerprint density at radius 3 is 2.62 bits per heavy atom. The highest BCUT2D eigenvalue weighted by Crippen LogP contribution is 2.33. The number of thiazole rings is 1. The van der Waals surface area contributed by atoms with Crippen LogP contribution in [-0.4, -0.2) is 55.7 Å². The minimum absolute atomic E-state index is 0.0308. The number of anilines is 2. The molecule has 3 heterocycles. The minimum atomic E-state index is -0.158. The first kappa shape index (κ1) is 26.0. The van der Waals surface area contributed by atoms with Crippen molar-refractivity contribution in [2.24, 2.45) is 10.1 Å². The van der Waals surface area contributed by atoms with Crippen molar-refractivity contribution in [3.63, 3.8) is 0 Å². The number of fused-ring (bicyclic) bond motifs is 1. The van der Waals surface area contributed by atoms with Crippen molar-refractivity contribution in [1.82, 2.24) is 4.68 Å². The van der Waals surface area contributed by atoms with Gasteiger partial charge in [0.05, 0.1) is 30.3 Å². The third-order valence-electron chi connectivity index (χ3n) is 7.00. The molecule has 0 saturated carbocycles. The van der Waals surface area contributed by atoms with Gasteiger partial charge < -0.3 is 19.7 Å². The van der Waals surface area contributed by atoms with E-state index in [9.17, 15) is 4.79 Å². The fourth-order valence-corrected chi connectivity index (χ4v) is 5.67. The molecule has 0 aliphatic carbocycles. The van der Waals surface area contributed by atoms with Crippen LogP contribution in [0.2, 0.25) is 0 Å².